The predicted octanol–water partition coefficient (Wildman–Crippen LogP) is 1.94. The molecule has 0 saturated carbocycles. The Balaban J connectivity index is 2.32. The van der Waals surface area contributed by atoms with Crippen LogP contribution in [0.3, 0.4) is 0 Å². The Morgan fingerprint density at radius 1 is 1.33 bits per heavy atom. The van der Waals surface area contributed by atoms with Crippen molar-refractivity contribution in [2.75, 3.05) is 6.79 Å². The molecule has 0 radical (unpaired) electrons. The minimum absolute atomic E-state index is 0.285. The number of rotatable bonds is 2. The summed E-state index contributed by atoms with van der Waals surface area (Å²) < 4.78 is 15.3. The smallest absolute Gasteiger partial charge is 0.231 e. The summed E-state index contributed by atoms with van der Waals surface area (Å²) in [7, 11) is 0. The van der Waals surface area contributed by atoms with Gasteiger partial charge in [-0.2, -0.15) is 0 Å². The number of fused-ring (bicyclic) bond motifs is 1. The Labute approximate surface area is 70.2 Å². The van der Waals surface area contributed by atoms with E-state index in [1.54, 1.807) is 18.2 Å². The fraction of sp³-hybridized carbons (Fsp3) is 0.111. The maximum Gasteiger partial charge on any atom is 0.231 e. The fourth-order valence-corrected chi connectivity index (χ4v) is 1.05. The molecule has 1 heterocycles. The molecule has 1 aliphatic heterocycles. The van der Waals surface area contributed by atoms with E-state index in [1.165, 1.54) is 6.26 Å². The van der Waals surface area contributed by atoms with Crippen LogP contribution < -0.4 is 14.2 Å². The Morgan fingerprint density at radius 3 is 3.00 bits per heavy atom. The Kier molecular flexibility index (Phi) is 1.63. The lowest BCUT2D eigenvalue weighted by Gasteiger charge is -2.00. The van der Waals surface area contributed by atoms with E-state index in [9.17, 15) is 0 Å². The molecule has 0 aromatic heterocycles. The zero-order chi connectivity index (χ0) is 8.39. The summed E-state index contributed by atoms with van der Waals surface area (Å²) in [5.41, 5.74) is 0. The number of hydrogen-bond acceptors (Lipinski definition) is 3. The van der Waals surface area contributed by atoms with Crippen LogP contribution in [0.2, 0.25) is 0 Å². The van der Waals surface area contributed by atoms with E-state index in [1.807, 2.05) is 0 Å². The maximum absolute atomic E-state index is 5.15. The van der Waals surface area contributed by atoms with E-state index >= 15 is 0 Å². The lowest BCUT2D eigenvalue weighted by Crippen LogP contribution is -1.92. The van der Waals surface area contributed by atoms with Gasteiger partial charge in [-0.25, -0.2) is 0 Å². The highest BCUT2D eigenvalue weighted by atomic mass is 16.7. The molecule has 3 heteroatoms. The van der Waals surface area contributed by atoms with Crippen molar-refractivity contribution in [1.29, 1.82) is 0 Å². The lowest BCUT2D eigenvalue weighted by atomic mass is 10.3. The molecule has 0 spiro atoms. The number of benzene rings is 1. The molecular formula is C9H8O3. The topological polar surface area (TPSA) is 27.7 Å². The van der Waals surface area contributed by atoms with Crippen molar-refractivity contribution in [2.45, 2.75) is 0 Å². The molecule has 12 heavy (non-hydrogen) atoms. The number of ether oxygens (including phenoxy) is 3. The van der Waals surface area contributed by atoms with Crippen LogP contribution in [0.25, 0.3) is 0 Å². The molecule has 0 aliphatic carbocycles. The minimum atomic E-state index is 0.285. The van der Waals surface area contributed by atoms with E-state index < -0.39 is 0 Å². The average Bonchev–Trinajstić information content (AvgIpc) is 2.51. The third kappa shape index (κ3) is 1.09. The van der Waals surface area contributed by atoms with E-state index in [0.29, 0.717) is 11.5 Å². The van der Waals surface area contributed by atoms with Gasteiger partial charge >= 0.3 is 0 Å². The van der Waals surface area contributed by atoms with Crippen LogP contribution >= 0.6 is 0 Å². The van der Waals surface area contributed by atoms with E-state index in [-0.39, 0.29) is 6.79 Å². The van der Waals surface area contributed by atoms with E-state index in [0.717, 1.165) is 5.75 Å². The van der Waals surface area contributed by atoms with Gasteiger partial charge in [0.2, 0.25) is 6.79 Å². The normalized spacial score (nSPS) is 12.7. The second kappa shape index (κ2) is 2.77. The summed E-state index contributed by atoms with van der Waals surface area (Å²) in [6.07, 6.45) is 1.37. The van der Waals surface area contributed by atoms with Crippen molar-refractivity contribution >= 4 is 0 Å². The van der Waals surface area contributed by atoms with E-state index in [2.05, 4.69) is 6.58 Å². The van der Waals surface area contributed by atoms with Gasteiger partial charge < -0.3 is 14.2 Å². The first-order valence-electron chi connectivity index (χ1n) is 3.57. The van der Waals surface area contributed by atoms with Crippen LogP contribution in [0.1, 0.15) is 0 Å². The van der Waals surface area contributed by atoms with Gasteiger partial charge in [0.1, 0.15) is 5.75 Å². The van der Waals surface area contributed by atoms with Gasteiger partial charge in [0.25, 0.3) is 0 Å². The Hall–Kier alpha value is -1.64. The van der Waals surface area contributed by atoms with Gasteiger partial charge in [0, 0.05) is 6.07 Å². The third-order valence-corrected chi connectivity index (χ3v) is 1.56. The lowest BCUT2D eigenvalue weighted by molar-refractivity contribution is 0.174. The van der Waals surface area contributed by atoms with Gasteiger partial charge in [-0.15, -0.1) is 0 Å². The highest BCUT2D eigenvalue weighted by molar-refractivity contribution is 5.46. The van der Waals surface area contributed by atoms with Gasteiger partial charge in [-0.3, -0.25) is 0 Å². The van der Waals surface area contributed by atoms with Crippen molar-refractivity contribution in [1.82, 2.24) is 0 Å². The van der Waals surface area contributed by atoms with Crippen molar-refractivity contribution in [2.24, 2.45) is 0 Å². The second-order valence-electron chi connectivity index (χ2n) is 2.30. The molecule has 0 fully saturated rings. The Morgan fingerprint density at radius 2 is 2.17 bits per heavy atom. The molecule has 1 aromatic rings. The minimum Gasteiger partial charge on any atom is -0.465 e. The first-order chi connectivity index (χ1) is 5.90. The maximum atomic E-state index is 5.15. The predicted molar refractivity (Wildman–Crippen MR) is 43.4 cm³/mol. The SMILES string of the molecule is C=COc1ccc2c(c1)OCO2. The molecule has 0 bridgehead atoms. The molecule has 1 aliphatic rings. The van der Waals surface area contributed by atoms with Gasteiger partial charge in [0.05, 0.1) is 6.26 Å². The molecule has 1 aromatic carbocycles. The first kappa shape index (κ1) is 7.03. The highest BCUT2D eigenvalue weighted by Gasteiger charge is 2.12. The zero-order valence-corrected chi connectivity index (χ0v) is 6.45. The van der Waals surface area contributed by atoms with Crippen molar-refractivity contribution in [3.63, 3.8) is 0 Å². The molecule has 0 N–H and O–H groups in total. The first-order valence-corrected chi connectivity index (χ1v) is 3.57. The number of hydrogen-bond donors (Lipinski definition) is 0. The van der Waals surface area contributed by atoms with Crippen LogP contribution in [0, 0.1) is 0 Å². The summed E-state index contributed by atoms with van der Waals surface area (Å²) in [5.74, 6) is 2.18. The highest BCUT2D eigenvalue weighted by Crippen LogP contribution is 2.34. The van der Waals surface area contributed by atoms with Crippen molar-refractivity contribution in [3.8, 4) is 17.2 Å². The third-order valence-electron chi connectivity index (χ3n) is 1.56. The van der Waals surface area contributed by atoms with Crippen LogP contribution in [-0.2, 0) is 0 Å². The Bertz CT molecular complexity index is 307. The summed E-state index contributed by atoms with van der Waals surface area (Å²) in [6, 6.07) is 5.38. The molecular weight excluding hydrogens is 156 g/mol. The molecule has 2 rings (SSSR count). The molecule has 0 unspecified atom stereocenters. The molecule has 0 amide bonds. The van der Waals surface area contributed by atoms with Gasteiger partial charge in [-0.1, -0.05) is 6.58 Å². The standard InChI is InChI=1S/C9H8O3/c1-2-10-7-3-4-8-9(5-7)12-6-11-8/h2-5H,1,6H2. The van der Waals surface area contributed by atoms with Crippen molar-refractivity contribution in [3.05, 3.63) is 31.0 Å². The molecule has 0 atom stereocenters. The summed E-state index contributed by atoms with van der Waals surface area (Å²) in [6.45, 7) is 3.74. The summed E-state index contributed by atoms with van der Waals surface area (Å²) in [5, 5.41) is 0. The zero-order valence-electron chi connectivity index (χ0n) is 6.45. The van der Waals surface area contributed by atoms with Crippen LogP contribution in [0.5, 0.6) is 17.2 Å². The van der Waals surface area contributed by atoms with E-state index in [4.69, 9.17) is 14.2 Å². The van der Waals surface area contributed by atoms with Crippen LogP contribution in [0.4, 0.5) is 0 Å². The molecule has 62 valence electrons. The quantitative estimate of drug-likeness (QED) is 0.625. The fourth-order valence-electron chi connectivity index (χ4n) is 1.05. The largest absolute Gasteiger partial charge is 0.465 e. The molecule has 0 saturated heterocycles. The summed E-state index contributed by atoms with van der Waals surface area (Å²) in [4.78, 5) is 0. The monoisotopic (exact) mass is 164 g/mol. The van der Waals surface area contributed by atoms with Gasteiger partial charge in [0.15, 0.2) is 11.5 Å². The average molecular weight is 164 g/mol. The van der Waals surface area contributed by atoms with Crippen LogP contribution in [0.15, 0.2) is 31.0 Å². The molecule has 3 nitrogen and oxygen atoms in total. The van der Waals surface area contributed by atoms with Crippen LogP contribution in [-0.4, -0.2) is 6.79 Å². The van der Waals surface area contributed by atoms with Crippen molar-refractivity contribution < 1.29 is 14.2 Å². The van der Waals surface area contributed by atoms with Gasteiger partial charge in [-0.05, 0) is 12.1 Å². The second-order valence-corrected chi connectivity index (χ2v) is 2.30. The summed E-state index contributed by atoms with van der Waals surface area (Å²) >= 11 is 0.